The predicted octanol–water partition coefficient (Wildman–Crippen LogP) is 3.85. The normalized spacial score (nSPS) is 23.1. The molecule has 6 rings (SSSR count). The topological polar surface area (TPSA) is 105 Å². The molecule has 2 N–H and O–H groups in total. The van der Waals surface area contributed by atoms with Gasteiger partial charge in [0, 0.05) is 45.2 Å². The molecule has 2 bridgehead atoms. The van der Waals surface area contributed by atoms with Gasteiger partial charge in [-0.3, -0.25) is 14.2 Å². The van der Waals surface area contributed by atoms with Gasteiger partial charge < -0.3 is 15.5 Å². The van der Waals surface area contributed by atoms with Crippen LogP contribution in [0.1, 0.15) is 54.7 Å². The molecule has 200 valence electrons. The summed E-state index contributed by atoms with van der Waals surface area (Å²) in [5.41, 5.74) is 2.03. The Morgan fingerprint density at radius 3 is 2.47 bits per heavy atom. The van der Waals surface area contributed by atoms with Crippen LogP contribution >= 0.6 is 0 Å². The second-order valence-corrected chi connectivity index (χ2v) is 10.8. The van der Waals surface area contributed by atoms with Gasteiger partial charge in [-0.15, -0.1) is 0 Å². The summed E-state index contributed by atoms with van der Waals surface area (Å²) in [6.07, 6.45) is 5.53. The van der Waals surface area contributed by atoms with Crippen molar-refractivity contribution in [1.29, 1.82) is 0 Å². The molecule has 2 aliphatic heterocycles. The Bertz CT molecular complexity index is 1430. The molecule has 3 aliphatic rings. The van der Waals surface area contributed by atoms with Crippen LogP contribution < -0.4 is 21.1 Å². The first-order valence-corrected chi connectivity index (χ1v) is 13.2. The third kappa shape index (κ3) is 4.22. The van der Waals surface area contributed by atoms with Crippen LogP contribution in [0.5, 0.6) is 0 Å². The second-order valence-electron chi connectivity index (χ2n) is 10.8. The van der Waals surface area contributed by atoms with Crippen LogP contribution in [-0.4, -0.2) is 57.4 Å². The molecule has 3 fully saturated rings. The Labute approximate surface area is 218 Å². The molecule has 3 aromatic heterocycles. The number of nitrogens with zero attached hydrogens (tertiary/aromatic N) is 5. The van der Waals surface area contributed by atoms with Crippen LogP contribution in [0.3, 0.4) is 0 Å². The van der Waals surface area contributed by atoms with Crippen molar-refractivity contribution in [3.05, 3.63) is 46.0 Å². The van der Waals surface area contributed by atoms with E-state index < -0.39 is 17.8 Å². The average Bonchev–Trinajstić information content (AvgIpc) is 3.38. The van der Waals surface area contributed by atoms with E-state index in [-0.39, 0.29) is 42.1 Å². The fraction of sp³-hybridized carbons (Fsp3) is 0.519. The molecule has 0 aromatic carbocycles. The maximum absolute atomic E-state index is 14.5. The Morgan fingerprint density at radius 2 is 1.84 bits per heavy atom. The minimum absolute atomic E-state index is 0.0391. The highest BCUT2D eigenvalue weighted by molar-refractivity contribution is 6.05. The van der Waals surface area contributed by atoms with Crippen LogP contribution in [-0.2, 0) is 0 Å². The number of hydrogen-bond acceptors (Lipinski definition) is 8. The molecule has 2 atom stereocenters. The second kappa shape index (κ2) is 9.37. The SMILES string of the molecule is CC(=O)c1nc(Nc2ccc(N3CC4CNCC(C3)C4(F)F)cn2)nc2c1c(C)cc(=O)n2C1CCCC1. The summed E-state index contributed by atoms with van der Waals surface area (Å²) in [7, 11) is 0. The third-order valence-corrected chi connectivity index (χ3v) is 8.22. The summed E-state index contributed by atoms with van der Waals surface area (Å²) in [4.78, 5) is 41.3. The number of rotatable bonds is 5. The number of Topliss-reactive ketones (excluding diaryl/α,β-unsaturated/α-hetero) is 1. The molecular weight excluding hydrogens is 492 g/mol. The molecule has 0 amide bonds. The van der Waals surface area contributed by atoms with Gasteiger partial charge in [0.1, 0.15) is 17.2 Å². The summed E-state index contributed by atoms with van der Waals surface area (Å²) in [5, 5.41) is 6.79. The number of fused-ring (bicyclic) bond motifs is 3. The molecule has 1 aliphatic carbocycles. The van der Waals surface area contributed by atoms with Gasteiger partial charge in [-0.2, -0.15) is 4.98 Å². The van der Waals surface area contributed by atoms with Gasteiger partial charge in [-0.25, -0.2) is 18.7 Å². The molecule has 2 saturated heterocycles. The minimum Gasteiger partial charge on any atom is -0.369 e. The van der Waals surface area contributed by atoms with E-state index in [1.165, 1.54) is 6.92 Å². The Kier molecular flexibility index (Phi) is 6.13. The molecule has 1 saturated carbocycles. The van der Waals surface area contributed by atoms with Gasteiger partial charge in [0.15, 0.2) is 5.78 Å². The lowest BCUT2D eigenvalue weighted by Gasteiger charge is -2.47. The number of halogens is 2. The lowest BCUT2D eigenvalue weighted by atomic mass is 9.81. The van der Waals surface area contributed by atoms with Crippen LogP contribution in [0.4, 0.5) is 26.2 Å². The Hall–Kier alpha value is -3.47. The van der Waals surface area contributed by atoms with E-state index >= 15 is 0 Å². The number of anilines is 3. The Morgan fingerprint density at radius 1 is 1.13 bits per heavy atom. The first-order valence-electron chi connectivity index (χ1n) is 13.2. The zero-order chi connectivity index (χ0) is 26.6. The van der Waals surface area contributed by atoms with E-state index in [0.29, 0.717) is 35.5 Å². The number of carbonyl (C=O) groups excluding carboxylic acids is 1. The highest BCUT2D eigenvalue weighted by Crippen LogP contribution is 2.41. The first-order chi connectivity index (χ1) is 18.2. The van der Waals surface area contributed by atoms with Crippen molar-refractivity contribution in [3.8, 4) is 0 Å². The van der Waals surface area contributed by atoms with Gasteiger partial charge in [0.2, 0.25) is 5.95 Å². The van der Waals surface area contributed by atoms with Crippen LogP contribution in [0.15, 0.2) is 29.2 Å². The first kappa shape index (κ1) is 24.8. The molecule has 0 spiro atoms. The predicted molar refractivity (Wildman–Crippen MR) is 141 cm³/mol. The zero-order valence-electron chi connectivity index (χ0n) is 21.5. The summed E-state index contributed by atoms with van der Waals surface area (Å²) >= 11 is 0. The van der Waals surface area contributed by atoms with Crippen LogP contribution in [0, 0.1) is 18.8 Å². The molecular formula is C27H31F2N7O2. The van der Waals surface area contributed by atoms with Gasteiger partial charge in [-0.05, 0) is 37.5 Å². The number of pyridine rings is 2. The molecule has 5 heterocycles. The fourth-order valence-corrected chi connectivity index (χ4v) is 6.23. The van der Waals surface area contributed by atoms with Crippen molar-refractivity contribution < 1.29 is 13.6 Å². The highest BCUT2D eigenvalue weighted by atomic mass is 19.3. The Balaban J connectivity index is 1.32. The largest absolute Gasteiger partial charge is 0.369 e. The number of nitrogens with one attached hydrogen (secondary N) is 2. The number of aromatic nitrogens is 4. The van der Waals surface area contributed by atoms with Crippen molar-refractivity contribution in [2.45, 2.75) is 51.5 Å². The summed E-state index contributed by atoms with van der Waals surface area (Å²) in [5.74, 6) is -3.71. The number of alkyl halides is 2. The number of ketones is 1. The van der Waals surface area contributed by atoms with E-state index in [0.717, 1.165) is 31.4 Å². The van der Waals surface area contributed by atoms with Crippen molar-refractivity contribution >= 4 is 34.3 Å². The van der Waals surface area contributed by atoms with Gasteiger partial charge >= 0.3 is 0 Å². The molecule has 2 unspecified atom stereocenters. The number of hydrogen-bond donors (Lipinski definition) is 2. The number of aryl methyl sites for hydroxylation is 1. The zero-order valence-corrected chi connectivity index (χ0v) is 21.5. The van der Waals surface area contributed by atoms with E-state index in [2.05, 4.69) is 20.6 Å². The maximum atomic E-state index is 14.5. The standard InChI is InChI=1S/C27H31F2N7O2/c1-15-9-22(38)36(19-5-3-4-6-19)25-23(15)24(16(2)37)33-26(34-25)32-21-8-7-20(12-31-21)35-13-17-10-30-11-18(14-35)27(17,28)29/h7-9,12,17-19,30H,3-6,10-11,13-14H2,1-2H3,(H,31,32,33,34). The molecule has 9 nitrogen and oxygen atoms in total. The minimum atomic E-state index is -2.66. The molecule has 3 aromatic rings. The van der Waals surface area contributed by atoms with Crippen molar-refractivity contribution in [2.75, 3.05) is 36.4 Å². The highest BCUT2D eigenvalue weighted by Gasteiger charge is 2.53. The third-order valence-electron chi connectivity index (χ3n) is 8.22. The summed E-state index contributed by atoms with van der Waals surface area (Å²) in [6, 6.07) is 5.19. The quantitative estimate of drug-likeness (QED) is 0.486. The van der Waals surface area contributed by atoms with E-state index in [9.17, 15) is 18.4 Å². The van der Waals surface area contributed by atoms with Crippen LogP contribution in [0.25, 0.3) is 11.0 Å². The lowest BCUT2D eigenvalue weighted by Crippen LogP contribution is -2.62. The average molecular weight is 524 g/mol. The van der Waals surface area contributed by atoms with E-state index in [4.69, 9.17) is 4.98 Å². The van der Waals surface area contributed by atoms with Gasteiger partial charge in [0.25, 0.3) is 11.5 Å². The maximum Gasteiger partial charge on any atom is 0.259 e. The number of piperidine rings is 2. The van der Waals surface area contributed by atoms with Crippen molar-refractivity contribution in [3.63, 3.8) is 0 Å². The van der Waals surface area contributed by atoms with E-state index in [1.807, 2.05) is 11.0 Å². The van der Waals surface area contributed by atoms with Gasteiger partial charge in [0.05, 0.1) is 29.1 Å². The van der Waals surface area contributed by atoms with Crippen LogP contribution in [0.2, 0.25) is 0 Å². The van der Waals surface area contributed by atoms with Crippen molar-refractivity contribution in [2.24, 2.45) is 11.8 Å². The van der Waals surface area contributed by atoms with Crippen molar-refractivity contribution in [1.82, 2.24) is 24.8 Å². The molecule has 38 heavy (non-hydrogen) atoms. The summed E-state index contributed by atoms with van der Waals surface area (Å²) in [6.45, 7) is 4.38. The molecule has 0 radical (unpaired) electrons. The summed E-state index contributed by atoms with van der Waals surface area (Å²) < 4.78 is 30.8. The number of carbonyl (C=O) groups is 1. The van der Waals surface area contributed by atoms with E-state index in [1.54, 1.807) is 29.8 Å². The fourth-order valence-electron chi connectivity index (χ4n) is 6.23. The molecule has 11 heteroatoms. The van der Waals surface area contributed by atoms with Gasteiger partial charge in [-0.1, -0.05) is 12.8 Å². The lowest BCUT2D eigenvalue weighted by molar-refractivity contribution is -0.130. The monoisotopic (exact) mass is 523 g/mol. The smallest absolute Gasteiger partial charge is 0.259 e.